The van der Waals surface area contributed by atoms with Crippen molar-refractivity contribution in [2.75, 3.05) is 130 Å². The molecule has 0 bridgehead atoms. The van der Waals surface area contributed by atoms with Crippen LogP contribution in [0.4, 0.5) is 0 Å². The maximum atomic E-state index is 9.26. The first-order chi connectivity index (χ1) is 31.2. The lowest BCUT2D eigenvalue weighted by atomic mass is 9.78. The van der Waals surface area contributed by atoms with Crippen LogP contribution in [0.3, 0.4) is 0 Å². The highest BCUT2D eigenvalue weighted by atomic mass is 79.9. The third-order valence-electron chi connectivity index (χ3n) is 13.0. The van der Waals surface area contributed by atoms with Crippen molar-refractivity contribution in [3.05, 3.63) is 89.5 Å². The number of aliphatic hydroxyl groups is 2. The normalized spacial score (nSPS) is 16.0. The van der Waals surface area contributed by atoms with Crippen LogP contribution in [-0.2, 0) is 38.3 Å². The summed E-state index contributed by atoms with van der Waals surface area (Å²) in [7, 11) is 6.42. The molecule has 0 saturated carbocycles. The summed E-state index contributed by atoms with van der Waals surface area (Å²) in [6.45, 7) is 19.0. The molecule has 2 heterocycles. The van der Waals surface area contributed by atoms with Crippen LogP contribution in [0.2, 0.25) is 0 Å². The van der Waals surface area contributed by atoms with Crippen molar-refractivity contribution < 1.29 is 103 Å². The van der Waals surface area contributed by atoms with Crippen LogP contribution >= 0.6 is 46.4 Å². The van der Waals surface area contributed by atoms with Crippen molar-refractivity contribution in [1.82, 2.24) is 4.90 Å². The van der Waals surface area contributed by atoms with Gasteiger partial charge in [0.15, 0.2) is 0 Å². The Kier molecular flexibility index (Phi) is 33.8. The number of alkyl halides is 4. The fraction of sp³-hybridized carbons (Fsp3) is 0.617. The first-order valence-electron chi connectivity index (χ1n) is 23.1. The molecule has 12 nitrogen and oxygen atoms in total. The molecule has 0 unspecified atom stereocenters. The quantitative estimate of drug-likeness (QED) is 0.0472. The molecule has 392 valence electrons. The second-order valence-electron chi connectivity index (χ2n) is 19.4. The summed E-state index contributed by atoms with van der Waals surface area (Å²) in [6, 6.07) is 24.0. The Balaban J connectivity index is 0.000000996. The van der Waals surface area contributed by atoms with E-state index < -0.39 is 7.12 Å². The molecule has 22 heteroatoms. The average Bonchev–Trinajstić information content (AvgIpc) is 3.46. The predicted molar refractivity (Wildman–Crippen MR) is 276 cm³/mol. The number of aliphatic hydroxyl groups excluding tert-OH is 2. The lowest BCUT2D eigenvalue weighted by Crippen LogP contribution is -3.00. The Hall–Kier alpha value is -0.0252. The predicted octanol–water partition coefficient (Wildman–Crippen LogP) is -5.50. The van der Waals surface area contributed by atoms with Gasteiger partial charge in [-0.2, -0.15) is 0 Å². The topological polar surface area (TPSA) is 121 Å². The molecular weight excluding hydrogens is 1160 g/mol. The fourth-order valence-corrected chi connectivity index (χ4v) is 9.38. The lowest BCUT2D eigenvalue weighted by molar-refractivity contribution is -0.923. The van der Waals surface area contributed by atoms with Crippen molar-refractivity contribution in [1.29, 1.82) is 0 Å². The molecule has 69 heavy (non-hydrogen) atoms. The van der Waals surface area contributed by atoms with Crippen LogP contribution in [0.1, 0.15) is 44.4 Å². The van der Waals surface area contributed by atoms with Crippen molar-refractivity contribution in [2.45, 2.75) is 58.5 Å². The van der Waals surface area contributed by atoms with E-state index in [1.807, 2.05) is 24.3 Å². The first-order valence-corrected chi connectivity index (χ1v) is 25.2. The van der Waals surface area contributed by atoms with Gasteiger partial charge in [0.2, 0.25) is 0 Å². The van der Waals surface area contributed by atoms with E-state index in [9.17, 15) is 10.2 Å². The summed E-state index contributed by atoms with van der Waals surface area (Å²) in [5.41, 5.74) is 5.54. The lowest BCUT2D eigenvalue weighted by Gasteiger charge is -2.33. The highest BCUT2D eigenvalue weighted by molar-refractivity contribution is 6.62. The molecule has 2 saturated heterocycles. The molecule has 0 aromatic heterocycles. The van der Waals surface area contributed by atoms with E-state index in [4.69, 9.17) is 75.1 Å². The smallest absolute Gasteiger partial charge is 0.494 e. The number of benzene rings is 3. The van der Waals surface area contributed by atoms with E-state index in [1.54, 1.807) is 12.1 Å². The number of hydrogen-bond donors (Lipinski definition) is 4. The molecule has 0 spiro atoms. The minimum atomic E-state index is -1.41. The van der Waals surface area contributed by atoms with Crippen LogP contribution in [0, 0.1) is 0 Å². The van der Waals surface area contributed by atoms with E-state index in [0.29, 0.717) is 59.8 Å². The molecule has 0 aliphatic carbocycles. The van der Waals surface area contributed by atoms with Gasteiger partial charge in [0.1, 0.15) is 32.7 Å². The monoisotopic (exact) mass is 1240 g/mol. The molecule has 2 fully saturated rings. The van der Waals surface area contributed by atoms with Crippen molar-refractivity contribution in [3.8, 4) is 0 Å². The summed E-state index contributed by atoms with van der Waals surface area (Å²) in [5, 5.41) is 36.6. The highest BCUT2D eigenvalue weighted by Crippen LogP contribution is 2.36. The van der Waals surface area contributed by atoms with Gasteiger partial charge in [-0.05, 0) is 51.1 Å². The Bertz CT molecular complexity index is 1780. The van der Waals surface area contributed by atoms with E-state index in [1.165, 1.54) is 11.1 Å². The summed E-state index contributed by atoms with van der Waals surface area (Å²) >= 11 is 23.6. The largest absolute Gasteiger partial charge is 1.00 e. The second kappa shape index (κ2) is 33.8. The maximum Gasteiger partial charge on any atom is 0.494 e. The third kappa shape index (κ3) is 23.6. The zero-order valence-corrected chi connectivity index (χ0v) is 49.7. The SMILES string of the molecule is CC1(C)OB(c2ccc(C[N+](C)(CCCl)CCCl)cc2)OC1(C)C.CN1CCOB(c2ccc(C[N+](C)(CCO)CCO)cc2)OCC1.C[N+](CCCl)(CCCl)Cc1ccc(B(O)O)cc1.[Br-].[Br-].[Br-]. The minimum Gasteiger partial charge on any atom is -1.00 e. The number of likely N-dealkylation sites (N-methyl/N-ethyl adjacent to an activating group) is 2. The van der Waals surface area contributed by atoms with Crippen LogP contribution in [0.5, 0.6) is 0 Å². The number of quaternary nitrogens is 3. The van der Waals surface area contributed by atoms with Gasteiger partial charge in [-0.15, -0.1) is 46.4 Å². The third-order valence-corrected chi connectivity index (χ3v) is 13.7. The van der Waals surface area contributed by atoms with Crippen molar-refractivity contribution >= 4 is 84.1 Å². The number of halogens is 7. The second-order valence-corrected chi connectivity index (χ2v) is 21.0. The van der Waals surface area contributed by atoms with Gasteiger partial charge < -0.3 is 108 Å². The van der Waals surface area contributed by atoms with Crippen molar-refractivity contribution in [2.24, 2.45) is 0 Å². The Labute approximate surface area is 467 Å². The molecule has 0 atom stereocenters. The molecule has 0 radical (unpaired) electrons. The van der Waals surface area contributed by atoms with Gasteiger partial charge in [-0.1, -0.05) is 72.8 Å². The summed E-state index contributed by atoms with van der Waals surface area (Å²) in [6.07, 6.45) is 0. The van der Waals surface area contributed by atoms with Gasteiger partial charge >= 0.3 is 21.4 Å². The van der Waals surface area contributed by atoms with Crippen LogP contribution in [-0.4, -0.2) is 202 Å². The number of nitrogens with zero attached hydrogens (tertiary/aromatic N) is 4. The standard InChI is InChI=1S/C18H29BCl2NO2.C17H30BN2O4.C12H19BCl2NO2.3BrH/c1-17(2)18(3,4)24-19(23-17)16-8-6-15(7-9-16)14-22(5,12-10-20)13-11-21;1-19-7-13-23-18(24-14-8-19)17-5-3-16(4-6-17)15-20(2,9-11-21)10-12-22;1-16(8-6-14,9-7-15)10-11-2-4-12(5-3-11)13(17)18;;;/h6-9H,10-14H2,1-5H3;3-6,21-22H,7-15H2,1-2H3;2-5,17-18H,6-10H2,1H3;3*1H/q3*+1;;;/p-3. The molecular formula is C47H78B3Br3Cl4N4O8. The molecule has 3 aromatic carbocycles. The fourth-order valence-electron chi connectivity index (χ4n) is 7.75. The highest BCUT2D eigenvalue weighted by Gasteiger charge is 2.51. The number of rotatable bonds is 21. The first kappa shape index (κ1) is 69.0. The Morgan fingerprint density at radius 1 is 0.536 bits per heavy atom. The zero-order valence-electron chi connectivity index (χ0n) is 42.0. The van der Waals surface area contributed by atoms with Gasteiger partial charge in [0.25, 0.3) is 0 Å². The number of hydrogen-bond acceptors (Lipinski definition) is 9. The van der Waals surface area contributed by atoms with Crippen molar-refractivity contribution in [3.63, 3.8) is 0 Å². The van der Waals surface area contributed by atoms with Gasteiger partial charge in [-0.3, -0.25) is 0 Å². The molecule has 2 aliphatic heterocycles. The minimum absolute atomic E-state index is 0. The summed E-state index contributed by atoms with van der Waals surface area (Å²) in [5.74, 6) is 2.47. The van der Waals surface area contributed by atoms with E-state index >= 15 is 0 Å². The van der Waals surface area contributed by atoms with E-state index in [2.05, 4.69) is 97.2 Å². The van der Waals surface area contributed by atoms with Crippen LogP contribution in [0.25, 0.3) is 0 Å². The molecule has 4 N–H and O–H groups in total. The molecule has 5 rings (SSSR count). The Morgan fingerprint density at radius 2 is 0.841 bits per heavy atom. The van der Waals surface area contributed by atoms with Crippen LogP contribution < -0.4 is 67.3 Å². The van der Waals surface area contributed by atoms with Gasteiger partial charge in [0.05, 0.1) is 95.3 Å². The Morgan fingerprint density at radius 3 is 1.14 bits per heavy atom. The molecule has 3 aromatic rings. The molecule has 2 aliphatic rings. The average molecular weight is 1240 g/mol. The molecule has 0 amide bonds. The van der Waals surface area contributed by atoms with Gasteiger partial charge in [0, 0.05) is 43.0 Å². The van der Waals surface area contributed by atoms with Crippen LogP contribution in [0.15, 0.2) is 72.8 Å². The van der Waals surface area contributed by atoms with E-state index in [0.717, 1.165) is 84.4 Å². The van der Waals surface area contributed by atoms with E-state index in [-0.39, 0.29) is 89.6 Å². The van der Waals surface area contributed by atoms with Gasteiger partial charge in [-0.25, -0.2) is 0 Å². The maximum absolute atomic E-state index is 9.26. The zero-order chi connectivity index (χ0) is 49.0. The summed E-state index contributed by atoms with van der Waals surface area (Å²) < 4.78 is 26.1. The summed E-state index contributed by atoms with van der Waals surface area (Å²) in [4.78, 5) is 2.19.